The standard InChI is InChI=1S/C8H5O2/c9-8-7-4-2-1-3-6(7)5-10-8/h1-5H/q+1. The molecule has 1 aromatic rings. The van der Waals surface area contributed by atoms with Crippen LogP contribution in [0.15, 0.2) is 24.3 Å². The predicted octanol–water partition coefficient (Wildman–Crippen LogP) is 1.19. The summed E-state index contributed by atoms with van der Waals surface area (Å²) in [5, 5.41) is 0. The lowest BCUT2D eigenvalue weighted by Crippen LogP contribution is -1.89. The Bertz CT molecular complexity index is 313. The molecule has 10 heavy (non-hydrogen) atoms. The minimum absolute atomic E-state index is 0.254. The van der Waals surface area contributed by atoms with Crippen molar-refractivity contribution >= 4 is 12.3 Å². The molecule has 0 radical (unpaired) electrons. The first-order valence-corrected chi connectivity index (χ1v) is 3.01. The second-order valence-electron chi connectivity index (χ2n) is 2.11. The maximum Gasteiger partial charge on any atom is 0.613 e. The molecular formula is C8H5O2+. The molecule has 1 aromatic carbocycles. The zero-order valence-corrected chi connectivity index (χ0v) is 5.20. The molecule has 0 aromatic heterocycles. The predicted molar refractivity (Wildman–Crippen MR) is 36.2 cm³/mol. The summed E-state index contributed by atoms with van der Waals surface area (Å²) in [6.07, 6.45) is 1.47. The van der Waals surface area contributed by atoms with Gasteiger partial charge in [-0.25, -0.2) is 0 Å². The first-order valence-electron chi connectivity index (χ1n) is 3.01. The minimum atomic E-state index is -0.254. The van der Waals surface area contributed by atoms with E-state index >= 15 is 0 Å². The maximum absolute atomic E-state index is 10.8. The molecule has 2 heteroatoms. The van der Waals surface area contributed by atoms with Crippen molar-refractivity contribution in [2.24, 2.45) is 0 Å². The number of rotatable bonds is 0. The van der Waals surface area contributed by atoms with E-state index < -0.39 is 0 Å². The van der Waals surface area contributed by atoms with Crippen molar-refractivity contribution in [1.29, 1.82) is 0 Å². The van der Waals surface area contributed by atoms with Gasteiger partial charge in [-0.15, -0.1) is 0 Å². The van der Waals surface area contributed by atoms with E-state index in [1.54, 1.807) is 6.07 Å². The van der Waals surface area contributed by atoms with Crippen LogP contribution >= 0.6 is 0 Å². The average molecular weight is 133 g/mol. The molecule has 1 aliphatic rings. The maximum atomic E-state index is 10.8. The van der Waals surface area contributed by atoms with E-state index in [4.69, 9.17) is 0 Å². The van der Waals surface area contributed by atoms with Gasteiger partial charge in [0.25, 0.3) is 0 Å². The Morgan fingerprint density at radius 1 is 1.20 bits per heavy atom. The fourth-order valence-corrected chi connectivity index (χ4v) is 0.966. The van der Waals surface area contributed by atoms with E-state index in [9.17, 15) is 4.79 Å². The van der Waals surface area contributed by atoms with Crippen molar-refractivity contribution in [3.8, 4) is 0 Å². The van der Waals surface area contributed by atoms with Gasteiger partial charge in [0.2, 0.25) is 6.29 Å². The Labute approximate surface area is 57.8 Å². The molecule has 0 unspecified atom stereocenters. The second-order valence-corrected chi connectivity index (χ2v) is 2.11. The number of hydrogen-bond acceptors (Lipinski definition) is 1. The van der Waals surface area contributed by atoms with Crippen molar-refractivity contribution in [3.05, 3.63) is 35.4 Å². The number of benzene rings is 1. The van der Waals surface area contributed by atoms with Crippen LogP contribution < -0.4 is 0 Å². The summed E-state index contributed by atoms with van der Waals surface area (Å²) >= 11 is 0. The van der Waals surface area contributed by atoms with Crippen LogP contribution in [0.3, 0.4) is 0 Å². The first-order chi connectivity index (χ1) is 4.88. The van der Waals surface area contributed by atoms with Crippen molar-refractivity contribution in [2.75, 3.05) is 0 Å². The van der Waals surface area contributed by atoms with Crippen LogP contribution in [0.4, 0.5) is 0 Å². The minimum Gasteiger partial charge on any atom is -0.275 e. The molecule has 1 heterocycles. The quantitative estimate of drug-likeness (QED) is 0.386. The molecule has 0 saturated carbocycles. The van der Waals surface area contributed by atoms with Gasteiger partial charge in [0, 0.05) is 0 Å². The normalized spacial score (nSPS) is 13.8. The zero-order chi connectivity index (χ0) is 6.97. The molecule has 0 spiro atoms. The molecule has 2 rings (SSSR count). The summed E-state index contributed by atoms with van der Waals surface area (Å²) in [6, 6.07) is 7.29. The van der Waals surface area contributed by atoms with Crippen LogP contribution in [0.25, 0.3) is 0 Å². The number of carbonyl (C=O) groups excluding carboxylic acids is 2. The van der Waals surface area contributed by atoms with Gasteiger partial charge in [0.15, 0.2) is 0 Å². The van der Waals surface area contributed by atoms with Crippen molar-refractivity contribution in [3.63, 3.8) is 0 Å². The molecule has 0 aliphatic carbocycles. The second kappa shape index (κ2) is 1.77. The Hall–Kier alpha value is -1.44. The van der Waals surface area contributed by atoms with Gasteiger partial charge in [-0.1, -0.05) is 12.1 Å². The third-order valence-corrected chi connectivity index (χ3v) is 1.47. The molecule has 0 N–H and O–H groups in total. The Morgan fingerprint density at radius 3 is 2.80 bits per heavy atom. The molecule has 0 atom stereocenters. The number of carbonyl (C=O) groups is 1. The summed E-state index contributed by atoms with van der Waals surface area (Å²) in [5.41, 5.74) is 1.52. The number of fused-ring (bicyclic) bond motifs is 1. The van der Waals surface area contributed by atoms with Crippen LogP contribution in [-0.4, -0.2) is 12.3 Å². The highest BCUT2D eigenvalue weighted by Gasteiger charge is 2.26. The fraction of sp³-hybridized carbons (Fsp3) is 0. The molecular weight excluding hydrogens is 128 g/mol. The van der Waals surface area contributed by atoms with Crippen molar-refractivity contribution < 1.29 is 9.22 Å². The van der Waals surface area contributed by atoms with Gasteiger partial charge in [0.05, 0.1) is 10.4 Å². The highest BCUT2D eigenvalue weighted by atomic mass is 16.4. The lowest BCUT2D eigenvalue weighted by atomic mass is 10.1. The average Bonchev–Trinajstić information content (AvgIpc) is 2.34. The van der Waals surface area contributed by atoms with Crippen LogP contribution in [0.1, 0.15) is 20.3 Å². The van der Waals surface area contributed by atoms with E-state index in [1.165, 1.54) is 6.29 Å². The van der Waals surface area contributed by atoms with Gasteiger partial charge in [-0.05, 0) is 12.1 Å². The summed E-state index contributed by atoms with van der Waals surface area (Å²) in [4.78, 5) is 10.8. The van der Waals surface area contributed by atoms with Gasteiger partial charge in [0.1, 0.15) is 5.56 Å². The van der Waals surface area contributed by atoms with Crippen molar-refractivity contribution in [2.45, 2.75) is 0 Å². The SMILES string of the molecule is O=C1[O+]=Cc2ccccc21. The topological polar surface area (TPSA) is 28.4 Å². The highest BCUT2D eigenvalue weighted by Crippen LogP contribution is 2.11. The van der Waals surface area contributed by atoms with E-state index in [0.29, 0.717) is 5.56 Å². The van der Waals surface area contributed by atoms with Crippen molar-refractivity contribution in [1.82, 2.24) is 0 Å². The highest BCUT2D eigenvalue weighted by molar-refractivity contribution is 6.03. The number of hydrogen-bond donors (Lipinski definition) is 0. The van der Waals surface area contributed by atoms with E-state index in [1.807, 2.05) is 18.2 Å². The van der Waals surface area contributed by atoms with E-state index in [2.05, 4.69) is 4.42 Å². The van der Waals surface area contributed by atoms with Gasteiger partial charge in [-0.2, -0.15) is 0 Å². The summed E-state index contributed by atoms with van der Waals surface area (Å²) < 4.78 is 4.66. The molecule has 0 saturated heterocycles. The Kier molecular flexibility index (Phi) is 0.947. The summed E-state index contributed by atoms with van der Waals surface area (Å²) in [7, 11) is 0. The zero-order valence-electron chi connectivity index (χ0n) is 5.20. The van der Waals surface area contributed by atoms with Crippen LogP contribution in [0.2, 0.25) is 0 Å². The lowest BCUT2D eigenvalue weighted by molar-refractivity contribution is -0.157. The molecule has 48 valence electrons. The smallest absolute Gasteiger partial charge is 0.275 e. The fourth-order valence-electron chi connectivity index (χ4n) is 0.966. The largest absolute Gasteiger partial charge is 0.613 e. The Morgan fingerprint density at radius 2 is 2.00 bits per heavy atom. The monoisotopic (exact) mass is 133 g/mol. The summed E-state index contributed by atoms with van der Waals surface area (Å²) in [5.74, 6) is -0.254. The molecule has 0 bridgehead atoms. The van der Waals surface area contributed by atoms with E-state index in [-0.39, 0.29) is 5.97 Å². The molecule has 0 amide bonds. The summed E-state index contributed by atoms with van der Waals surface area (Å²) in [6.45, 7) is 0. The third-order valence-electron chi connectivity index (χ3n) is 1.47. The third kappa shape index (κ3) is 0.589. The van der Waals surface area contributed by atoms with Gasteiger partial charge >= 0.3 is 5.97 Å². The van der Waals surface area contributed by atoms with E-state index in [0.717, 1.165) is 5.56 Å². The first kappa shape index (κ1) is 5.35. The van der Waals surface area contributed by atoms with Crippen LogP contribution in [0, 0.1) is 0 Å². The van der Waals surface area contributed by atoms with Crippen LogP contribution in [0.5, 0.6) is 0 Å². The van der Waals surface area contributed by atoms with Gasteiger partial charge in [-0.3, -0.25) is 4.42 Å². The van der Waals surface area contributed by atoms with Gasteiger partial charge < -0.3 is 0 Å². The molecule has 2 nitrogen and oxygen atoms in total. The number of aldehydes is 1. The molecule has 0 fully saturated rings. The Balaban J connectivity index is 2.70. The lowest BCUT2D eigenvalue weighted by Gasteiger charge is -1.82. The molecule has 1 aliphatic heterocycles. The van der Waals surface area contributed by atoms with Crippen LogP contribution in [-0.2, 0) is 0 Å².